The number of aromatic nitrogens is 2. The average Bonchev–Trinajstić information content (AvgIpc) is 3.34. The number of nitrogens with one attached hydrogen (secondary N) is 1. The molecule has 2 aromatic heterocycles. The molecule has 0 spiro atoms. The summed E-state index contributed by atoms with van der Waals surface area (Å²) >= 11 is 0. The Bertz CT molecular complexity index is 1100. The molecule has 1 fully saturated rings. The summed E-state index contributed by atoms with van der Waals surface area (Å²) in [6.07, 6.45) is 0. The number of nitrogens with zero attached hydrogens (tertiary/aromatic N) is 2. The molecule has 0 atom stereocenters. The molecule has 28 heavy (non-hydrogen) atoms. The minimum absolute atomic E-state index is 0.0365. The summed E-state index contributed by atoms with van der Waals surface area (Å²) < 4.78 is 7.61. The third-order valence-corrected chi connectivity index (χ3v) is 5.56. The molecule has 0 bridgehead atoms. The molecule has 1 aliphatic heterocycles. The van der Waals surface area contributed by atoms with Gasteiger partial charge in [0.25, 0.3) is 0 Å². The molecule has 142 valence electrons. The van der Waals surface area contributed by atoms with Crippen molar-refractivity contribution in [3.8, 4) is 0 Å². The molecule has 3 heterocycles. The number of ketones is 1. The van der Waals surface area contributed by atoms with Crippen molar-refractivity contribution in [1.29, 1.82) is 0 Å². The number of carbonyl (C=O) groups excluding carboxylic acids is 1. The monoisotopic (exact) mass is 373 g/mol. The molecule has 1 N–H and O–H groups in total. The van der Waals surface area contributed by atoms with Gasteiger partial charge >= 0.3 is 0 Å². The van der Waals surface area contributed by atoms with Crippen LogP contribution in [0.5, 0.6) is 0 Å². The lowest BCUT2D eigenvalue weighted by molar-refractivity contribution is 0.0364. The fourth-order valence-electron chi connectivity index (χ4n) is 4.04. The van der Waals surface area contributed by atoms with Crippen molar-refractivity contribution in [2.24, 2.45) is 0 Å². The lowest BCUT2D eigenvalue weighted by atomic mass is 10.2. The quantitative estimate of drug-likeness (QED) is 0.543. The highest BCUT2D eigenvalue weighted by Crippen LogP contribution is 2.24. The first-order valence-corrected chi connectivity index (χ1v) is 9.80. The second kappa shape index (κ2) is 7.26. The number of ether oxygens (including phenoxy) is 1. The van der Waals surface area contributed by atoms with Crippen LogP contribution in [-0.2, 0) is 11.3 Å². The fraction of sp³-hybridized carbons (Fsp3) is 0.261. The van der Waals surface area contributed by atoms with Gasteiger partial charge in [-0.2, -0.15) is 0 Å². The zero-order valence-electron chi connectivity index (χ0n) is 15.7. The van der Waals surface area contributed by atoms with Gasteiger partial charge in [-0.3, -0.25) is 9.69 Å². The van der Waals surface area contributed by atoms with Crippen LogP contribution in [0, 0.1) is 0 Å². The summed E-state index contributed by atoms with van der Waals surface area (Å²) in [5, 5.41) is 2.16. The van der Waals surface area contributed by atoms with Crippen molar-refractivity contribution in [3.63, 3.8) is 0 Å². The number of rotatable bonds is 5. The highest BCUT2D eigenvalue weighted by atomic mass is 16.5. The van der Waals surface area contributed by atoms with Gasteiger partial charge in [0, 0.05) is 48.0 Å². The molecule has 0 radical (unpaired) electrons. The maximum atomic E-state index is 13.4. The Kier molecular flexibility index (Phi) is 4.47. The van der Waals surface area contributed by atoms with Crippen LogP contribution in [0.25, 0.3) is 21.8 Å². The average molecular weight is 373 g/mol. The van der Waals surface area contributed by atoms with Crippen molar-refractivity contribution in [1.82, 2.24) is 14.5 Å². The molecule has 2 aromatic carbocycles. The van der Waals surface area contributed by atoms with Crippen LogP contribution in [-0.4, -0.2) is 53.1 Å². The second-order valence-corrected chi connectivity index (χ2v) is 7.29. The normalized spacial score (nSPS) is 15.4. The Balaban J connectivity index is 1.51. The lowest BCUT2D eigenvalue weighted by Gasteiger charge is -2.27. The number of benzene rings is 2. The Morgan fingerprint density at radius 1 is 0.929 bits per heavy atom. The van der Waals surface area contributed by atoms with Crippen LogP contribution >= 0.6 is 0 Å². The van der Waals surface area contributed by atoms with Crippen LogP contribution in [0.2, 0.25) is 0 Å². The Morgan fingerprint density at radius 2 is 1.68 bits per heavy atom. The van der Waals surface area contributed by atoms with Gasteiger partial charge < -0.3 is 14.3 Å². The lowest BCUT2D eigenvalue weighted by Crippen LogP contribution is -2.38. The summed E-state index contributed by atoms with van der Waals surface area (Å²) in [6, 6.07) is 20.2. The molecule has 5 heteroatoms. The van der Waals surface area contributed by atoms with E-state index in [0.717, 1.165) is 66.9 Å². The van der Waals surface area contributed by atoms with Gasteiger partial charge in [-0.25, -0.2) is 0 Å². The van der Waals surface area contributed by atoms with Gasteiger partial charge in [0.15, 0.2) is 0 Å². The molecule has 0 unspecified atom stereocenters. The molecule has 0 amide bonds. The van der Waals surface area contributed by atoms with Gasteiger partial charge in [0.1, 0.15) is 0 Å². The Morgan fingerprint density at radius 3 is 2.50 bits per heavy atom. The molecule has 5 nitrogen and oxygen atoms in total. The van der Waals surface area contributed by atoms with E-state index in [0.29, 0.717) is 5.69 Å². The van der Waals surface area contributed by atoms with E-state index >= 15 is 0 Å². The summed E-state index contributed by atoms with van der Waals surface area (Å²) in [4.78, 5) is 19.1. The number of hydrogen-bond acceptors (Lipinski definition) is 3. The van der Waals surface area contributed by atoms with E-state index < -0.39 is 0 Å². The van der Waals surface area contributed by atoms with E-state index in [1.807, 2.05) is 48.5 Å². The summed E-state index contributed by atoms with van der Waals surface area (Å²) in [5.74, 6) is 0.0365. The van der Waals surface area contributed by atoms with Crippen molar-refractivity contribution >= 4 is 27.6 Å². The smallest absolute Gasteiger partial charge is 0.225 e. The Labute approximate surface area is 163 Å². The molecular weight excluding hydrogens is 350 g/mol. The summed E-state index contributed by atoms with van der Waals surface area (Å²) in [5.41, 5.74) is 3.47. The Hall–Kier alpha value is -2.89. The number of aromatic amines is 1. The topological polar surface area (TPSA) is 50.3 Å². The van der Waals surface area contributed by atoms with Gasteiger partial charge in [-0.15, -0.1) is 0 Å². The SMILES string of the molecule is O=C(c1cc2ccccc2[nH]1)c1cc2ccccc2n1CCN1CCOCC1. The summed E-state index contributed by atoms with van der Waals surface area (Å²) in [6.45, 7) is 5.17. The third-order valence-electron chi connectivity index (χ3n) is 5.56. The zero-order chi connectivity index (χ0) is 18.9. The standard InChI is InChI=1S/C23H23N3O2/c27-23(20-15-17-5-1-3-7-19(17)24-20)22-16-18-6-2-4-8-21(18)26(22)10-9-25-11-13-28-14-12-25/h1-8,15-16,24H,9-14H2. The summed E-state index contributed by atoms with van der Waals surface area (Å²) in [7, 11) is 0. The number of H-pyrrole nitrogens is 1. The van der Waals surface area contributed by atoms with Gasteiger partial charge in [0.2, 0.25) is 5.78 Å². The highest BCUT2D eigenvalue weighted by molar-refractivity contribution is 6.11. The van der Waals surface area contributed by atoms with Crippen molar-refractivity contribution in [2.75, 3.05) is 32.8 Å². The van der Waals surface area contributed by atoms with Gasteiger partial charge in [-0.05, 0) is 24.3 Å². The predicted octanol–water partition coefficient (Wildman–Crippen LogP) is 3.69. The van der Waals surface area contributed by atoms with Crippen LogP contribution in [0.3, 0.4) is 0 Å². The van der Waals surface area contributed by atoms with Crippen molar-refractivity contribution in [2.45, 2.75) is 6.54 Å². The second-order valence-electron chi connectivity index (χ2n) is 7.29. The molecule has 1 aliphatic rings. The maximum Gasteiger partial charge on any atom is 0.225 e. The molecule has 5 rings (SSSR count). The van der Waals surface area contributed by atoms with E-state index in [9.17, 15) is 4.79 Å². The van der Waals surface area contributed by atoms with Crippen LogP contribution in [0.1, 0.15) is 16.2 Å². The van der Waals surface area contributed by atoms with E-state index in [1.165, 1.54) is 0 Å². The number of morpholine rings is 1. The first-order valence-electron chi connectivity index (χ1n) is 9.80. The minimum atomic E-state index is 0.0365. The first kappa shape index (κ1) is 17.2. The van der Waals surface area contributed by atoms with Crippen LogP contribution in [0.4, 0.5) is 0 Å². The molecule has 0 aliphatic carbocycles. The number of fused-ring (bicyclic) bond motifs is 2. The molecular formula is C23H23N3O2. The number of carbonyl (C=O) groups is 1. The van der Waals surface area contributed by atoms with E-state index in [-0.39, 0.29) is 5.78 Å². The highest BCUT2D eigenvalue weighted by Gasteiger charge is 2.20. The van der Waals surface area contributed by atoms with E-state index in [2.05, 4.69) is 26.6 Å². The molecule has 4 aromatic rings. The van der Waals surface area contributed by atoms with E-state index in [1.54, 1.807) is 0 Å². The van der Waals surface area contributed by atoms with Crippen molar-refractivity contribution < 1.29 is 9.53 Å². The number of para-hydroxylation sites is 2. The largest absolute Gasteiger partial charge is 0.379 e. The molecule has 1 saturated heterocycles. The molecule has 0 saturated carbocycles. The third kappa shape index (κ3) is 3.13. The van der Waals surface area contributed by atoms with E-state index in [4.69, 9.17) is 4.74 Å². The fourth-order valence-corrected chi connectivity index (χ4v) is 4.04. The predicted molar refractivity (Wildman–Crippen MR) is 111 cm³/mol. The van der Waals surface area contributed by atoms with Gasteiger partial charge in [-0.1, -0.05) is 36.4 Å². The maximum absolute atomic E-state index is 13.4. The zero-order valence-corrected chi connectivity index (χ0v) is 15.7. The van der Waals surface area contributed by atoms with Crippen LogP contribution < -0.4 is 0 Å². The number of hydrogen-bond donors (Lipinski definition) is 1. The van der Waals surface area contributed by atoms with Gasteiger partial charge in [0.05, 0.1) is 24.6 Å². The van der Waals surface area contributed by atoms with Crippen LogP contribution in [0.15, 0.2) is 60.7 Å². The van der Waals surface area contributed by atoms with Crippen molar-refractivity contribution in [3.05, 3.63) is 72.1 Å². The minimum Gasteiger partial charge on any atom is -0.379 e. The first-order chi connectivity index (χ1) is 13.8.